The molecule has 1 atom stereocenters. The van der Waals surface area contributed by atoms with Crippen LogP contribution >= 0.6 is 0 Å². The Morgan fingerprint density at radius 3 is 2.38 bits per heavy atom. The third kappa shape index (κ3) is 2.79. The molecule has 88 valence electrons. The molecule has 0 saturated carbocycles. The zero-order valence-electron chi connectivity index (χ0n) is 9.71. The highest BCUT2D eigenvalue weighted by Gasteiger charge is 2.17. The standard InChI is InChI=1S/C12H16FNO2/c1-7-4-9(13)5-8(2)10(7)6-11(14)12(15)16-3/h4-5,11H,6,14H2,1-3H3. The molecule has 3 nitrogen and oxygen atoms in total. The lowest BCUT2D eigenvalue weighted by Crippen LogP contribution is -2.34. The maximum atomic E-state index is 13.0. The molecule has 0 aliphatic carbocycles. The number of benzene rings is 1. The van der Waals surface area contributed by atoms with E-state index in [9.17, 15) is 9.18 Å². The quantitative estimate of drug-likeness (QED) is 0.793. The zero-order valence-corrected chi connectivity index (χ0v) is 9.71. The Labute approximate surface area is 94.4 Å². The van der Waals surface area contributed by atoms with E-state index < -0.39 is 12.0 Å². The third-order valence-electron chi connectivity index (χ3n) is 2.59. The molecule has 1 aromatic rings. The van der Waals surface area contributed by atoms with Crippen LogP contribution in [0, 0.1) is 19.7 Å². The van der Waals surface area contributed by atoms with Crippen LogP contribution in [0.4, 0.5) is 4.39 Å². The maximum absolute atomic E-state index is 13.0. The van der Waals surface area contributed by atoms with Crippen LogP contribution in [0.15, 0.2) is 12.1 Å². The Morgan fingerprint density at radius 2 is 1.94 bits per heavy atom. The molecule has 0 bridgehead atoms. The van der Waals surface area contributed by atoms with Crippen LogP contribution in [-0.2, 0) is 16.0 Å². The van der Waals surface area contributed by atoms with Crippen LogP contribution in [0.3, 0.4) is 0 Å². The second-order valence-corrected chi connectivity index (χ2v) is 3.85. The molecule has 0 heterocycles. The lowest BCUT2D eigenvalue weighted by molar-refractivity contribution is -0.142. The van der Waals surface area contributed by atoms with Crippen LogP contribution in [0.1, 0.15) is 16.7 Å². The van der Waals surface area contributed by atoms with E-state index in [-0.39, 0.29) is 5.82 Å². The second kappa shape index (κ2) is 5.07. The summed E-state index contributed by atoms with van der Waals surface area (Å²) in [5, 5.41) is 0. The largest absolute Gasteiger partial charge is 0.468 e. The fraction of sp³-hybridized carbons (Fsp3) is 0.417. The van der Waals surface area contributed by atoms with Gasteiger partial charge in [-0.2, -0.15) is 0 Å². The molecule has 0 fully saturated rings. The van der Waals surface area contributed by atoms with Crippen molar-refractivity contribution in [1.82, 2.24) is 0 Å². The van der Waals surface area contributed by atoms with Crippen molar-refractivity contribution >= 4 is 5.97 Å². The first-order chi connectivity index (χ1) is 7.45. The number of hydrogen-bond donors (Lipinski definition) is 1. The van der Waals surface area contributed by atoms with Gasteiger partial charge in [0.1, 0.15) is 11.9 Å². The minimum absolute atomic E-state index is 0.273. The summed E-state index contributed by atoms with van der Waals surface area (Å²) < 4.78 is 17.6. The SMILES string of the molecule is COC(=O)C(N)Cc1c(C)cc(F)cc1C. The summed E-state index contributed by atoms with van der Waals surface area (Å²) in [4.78, 5) is 11.2. The molecule has 0 saturated heterocycles. The van der Waals surface area contributed by atoms with Gasteiger partial charge in [0, 0.05) is 0 Å². The third-order valence-corrected chi connectivity index (χ3v) is 2.59. The van der Waals surface area contributed by atoms with E-state index in [0.717, 1.165) is 16.7 Å². The molecular weight excluding hydrogens is 209 g/mol. The van der Waals surface area contributed by atoms with Crippen molar-refractivity contribution in [2.24, 2.45) is 5.73 Å². The Balaban J connectivity index is 2.93. The molecule has 0 spiro atoms. The van der Waals surface area contributed by atoms with Crippen molar-refractivity contribution in [2.75, 3.05) is 7.11 Å². The highest BCUT2D eigenvalue weighted by molar-refractivity contribution is 5.75. The molecule has 0 aromatic heterocycles. The van der Waals surface area contributed by atoms with Crippen molar-refractivity contribution in [3.8, 4) is 0 Å². The molecule has 1 unspecified atom stereocenters. The molecule has 0 aliphatic heterocycles. The summed E-state index contributed by atoms with van der Waals surface area (Å²) in [6.07, 6.45) is 0.366. The summed E-state index contributed by atoms with van der Waals surface area (Å²) in [6.45, 7) is 3.60. The topological polar surface area (TPSA) is 52.3 Å². The Bertz CT molecular complexity index is 381. The predicted molar refractivity (Wildman–Crippen MR) is 59.6 cm³/mol. The van der Waals surface area contributed by atoms with Gasteiger partial charge in [0.15, 0.2) is 0 Å². The first-order valence-corrected chi connectivity index (χ1v) is 5.04. The number of ether oxygens (including phenoxy) is 1. The van der Waals surface area contributed by atoms with Crippen molar-refractivity contribution in [3.63, 3.8) is 0 Å². The summed E-state index contributed by atoms with van der Waals surface area (Å²) >= 11 is 0. The molecular formula is C12H16FNO2. The predicted octanol–water partition coefficient (Wildman–Crippen LogP) is 1.49. The number of esters is 1. The number of methoxy groups -OCH3 is 1. The summed E-state index contributed by atoms with van der Waals surface area (Å²) in [5.74, 6) is -0.728. The van der Waals surface area contributed by atoms with Crippen LogP contribution < -0.4 is 5.73 Å². The van der Waals surface area contributed by atoms with Gasteiger partial charge in [-0.15, -0.1) is 0 Å². The van der Waals surface area contributed by atoms with Crippen molar-refractivity contribution in [3.05, 3.63) is 34.6 Å². The summed E-state index contributed by atoms with van der Waals surface area (Å²) in [7, 11) is 1.30. The first kappa shape index (κ1) is 12.6. The van der Waals surface area contributed by atoms with Gasteiger partial charge in [-0.1, -0.05) is 0 Å². The smallest absolute Gasteiger partial charge is 0.322 e. The normalized spacial score (nSPS) is 12.3. The van der Waals surface area contributed by atoms with Crippen molar-refractivity contribution in [2.45, 2.75) is 26.3 Å². The number of nitrogens with two attached hydrogens (primary N) is 1. The molecule has 0 amide bonds. The van der Waals surface area contributed by atoms with Gasteiger partial charge < -0.3 is 10.5 Å². The minimum atomic E-state index is -0.701. The molecule has 16 heavy (non-hydrogen) atoms. The fourth-order valence-corrected chi connectivity index (χ4v) is 1.72. The maximum Gasteiger partial charge on any atom is 0.322 e. The first-order valence-electron chi connectivity index (χ1n) is 5.04. The second-order valence-electron chi connectivity index (χ2n) is 3.85. The monoisotopic (exact) mass is 225 g/mol. The molecule has 0 radical (unpaired) electrons. The van der Waals surface area contributed by atoms with E-state index in [4.69, 9.17) is 5.73 Å². The van der Waals surface area contributed by atoms with Gasteiger partial charge in [0.2, 0.25) is 0 Å². The van der Waals surface area contributed by atoms with E-state index in [1.54, 1.807) is 13.8 Å². The van der Waals surface area contributed by atoms with Gasteiger partial charge >= 0.3 is 5.97 Å². The Kier molecular flexibility index (Phi) is 4.01. The van der Waals surface area contributed by atoms with Crippen LogP contribution in [0.25, 0.3) is 0 Å². The minimum Gasteiger partial charge on any atom is -0.468 e. The van der Waals surface area contributed by atoms with E-state index in [0.29, 0.717) is 6.42 Å². The molecule has 0 aliphatic rings. The number of carbonyl (C=O) groups is 1. The lowest BCUT2D eigenvalue weighted by atomic mass is 9.96. The van der Waals surface area contributed by atoms with Crippen LogP contribution in [0.5, 0.6) is 0 Å². The summed E-state index contributed by atoms with van der Waals surface area (Å²) in [5.41, 5.74) is 8.17. The summed E-state index contributed by atoms with van der Waals surface area (Å²) in [6, 6.07) is 2.17. The zero-order chi connectivity index (χ0) is 12.3. The van der Waals surface area contributed by atoms with Gasteiger partial charge in [0.25, 0.3) is 0 Å². The van der Waals surface area contributed by atoms with E-state index in [2.05, 4.69) is 4.74 Å². The molecule has 2 N–H and O–H groups in total. The molecule has 1 aromatic carbocycles. The Morgan fingerprint density at radius 1 is 1.44 bits per heavy atom. The number of aryl methyl sites for hydroxylation is 2. The van der Waals surface area contributed by atoms with Crippen molar-refractivity contribution < 1.29 is 13.9 Å². The Hall–Kier alpha value is -1.42. The number of rotatable bonds is 3. The highest BCUT2D eigenvalue weighted by Crippen LogP contribution is 2.17. The van der Waals surface area contributed by atoms with Crippen molar-refractivity contribution in [1.29, 1.82) is 0 Å². The van der Waals surface area contributed by atoms with Gasteiger partial charge in [-0.3, -0.25) is 4.79 Å². The highest BCUT2D eigenvalue weighted by atomic mass is 19.1. The van der Waals surface area contributed by atoms with E-state index in [1.165, 1.54) is 19.2 Å². The number of carbonyl (C=O) groups excluding carboxylic acids is 1. The molecule has 4 heteroatoms. The molecule has 1 rings (SSSR count). The number of halogens is 1. The van der Waals surface area contributed by atoms with Gasteiger partial charge in [0.05, 0.1) is 7.11 Å². The average molecular weight is 225 g/mol. The van der Waals surface area contributed by atoms with E-state index in [1.807, 2.05) is 0 Å². The average Bonchev–Trinajstić information content (AvgIpc) is 2.21. The number of hydrogen-bond acceptors (Lipinski definition) is 3. The lowest BCUT2D eigenvalue weighted by Gasteiger charge is -2.14. The van der Waals surface area contributed by atoms with Gasteiger partial charge in [-0.25, -0.2) is 4.39 Å². The van der Waals surface area contributed by atoms with Gasteiger partial charge in [-0.05, 0) is 49.1 Å². The fourth-order valence-electron chi connectivity index (χ4n) is 1.72. The van der Waals surface area contributed by atoms with Crippen LogP contribution in [-0.4, -0.2) is 19.1 Å². The van der Waals surface area contributed by atoms with Crippen LogP contribution in [0.2, 0.25) is 0 Å². The van der Waals surface area contributed by atoms with E-state index >= 15 is 0 Å².